The zero-order valence-corrected chi connectivity index (χ0v) is 10.1. The van der Waals surface area contributed by atoms with Crippen molar-refractivity contribution in [3.8, 4) is 0 Å². The Morgan fingerprint density at radius 2 is 1.88 bits per heavy atom. The molecular weight excluding hydrogens is 203 g/mol. The molecule has 0 radical (unpaired) electrons. The number of nitrogens with zero attached hydrogens (tertiary/aromatic N) is 1. The zero-order valence-electron chi connectivity index (χ0n) is 10.1. The van der Waals surface area contributed by atoms with E-state index in [-0.39, 0.29) is 11.9 Å². The maximum atomic E-state index is 12.7. The number of nitrogens with two attached hydrogens (primary N) is 1. The molecule has 1 aromatic carbocycles. The van der Waals surface area contributed by atoms with Gasteiger partial charge in [-0.05, 0) is 44.0 Å². The average molecular weight is 224 g/mol. The third kappa shape index (κ3) is 4.62. The third-order valence-electron chi connectivity index (χ3n) is 2.67. The van der Waals surface area contributed by atoms with Crippen molar-refractivity contribution >= 4 is 5.69 Å². The maximum Gasteiger partial charge on any atom is 0.123 e. The molecule has 0 bridgehead atoms. The van der Waals surface area contributed by atoms with Crippen LogP contribution in [0.4, 0.5) is 10.1 Å². The Bertz CT molecular complexity index is 295. The van der Waals surface area contributed by atoms with Crippen molar-refractivity contribution in [1.82, 2.24) is 0 Å². The molecule has 16 heavy (non-hydrogen) atoms. The smallest absolute Gasteiger partial charge is 0.123 e. The number of benzene rings is 1. The van der Waals surface area contributed by atoms with E-state index in [2.05, 4.69) is 4.90 Å². The summed E-state index contributed by atoms with van der Waals surface area (Å²) in [7, 11) is 2.03. The van der Waals surface area contributed by atoms with E-state index in [0.717, 1.165) is 31.5 Å². The molecule has 0 aliphatic heterocycles. The highest BCUT2D eigenvalue weighted by molar-refractivity contribution is 5.45. The van der Waals surface area contributed by atoms with Gasteiger partial charge in [-0.2, -0.15) is 0 Å². The van der Waals surface area contributed by atoms with Crippen LogP contribution in [0, 0.1) is 5.82 Å². The Kier molecular flexibility index (Phi) is 5.26. The monoisotopic (exact) mass is 224 g/mol. The van der Waals surface area contributed by atoms with Gasteiger partial charge in [0, 0.05) is 25.3 Å². The van der Waals surface area contributed by atoms with E-state index in [0.29, 0.717) is 0 Å². The maximum absolute atomic E-state index is 12.7. The average Bonchev–Trinajstić information content (AvgIpc) is 2.25. The standard InChI is InChI=1S/C13H21FN2/c1-11(15)5-3-4-10-16(2)13-8-6-12(14)7-9-13/h6-9,11H,3-5,10,15H2,1-2H3. The van der Waals surface area contributed by atoms with Crippen LogP contribution in [0.15, 0.2) is 24.3 Å². The first-order chi connectivity index (χ1) is 7.59. The highest BCUT2D eigenvalue weighted by Gasteiger charge is 2.01. The minimum absolute atomic E-state index is 0.186. The van der Waals surface area contributed by atoms with E-state index < -0.39 is 0 Å². The molecule has 0 saturated heterocycles. The zero-order chi connectivity index (χ0) is 12.0. The van der Waals surface area contributed by atoms with Crippen LogP contribution >= 0.6 is 0 Å². The molecule has 90 valence electrons. The van der Waals surface area contributed by atoms with Gasteiger partial charge in [-0.1, -0.05) is 6.42 Å². The van der Waals surface area contributed by atoms with Crippen molar-refractivity contribution in [3.05, 3.63) is 30.1 Å². The molecule has 1 aromatic rings. The lowest BCUT2D eigenvalue weighted by Crippen LogP contribution is -2.19. The molecule has 1 rings (SSSR count). The minimum Gasteiger partial charge on any atom is -0.375 e. The number of rotatable bonds is 6. The Balaban J connectivity index is 2.29. The Labute approximate surface area is 97.3 Å². The molecular formula is C13H21FN2. The summed E-state index contributed by atoms with van der Waals surface area (Å²) in [6, 6.07) is 6.89. The summed E-state index contributed by atoms with van der Waals surface area (Å²) < 4.78 is 12.7. The first kappa shape index (κ1) is 13.0. The van der Waals surface area contributed by atoms with Gasteiger partial charge < -0.3 is 10.6 Å². The molecule has 2 N–H and O–H groups in total. The van der Waals surface area contributed by atoms with Crippen LogP contribution in [0.2, 0.25) is 0 Å². The largest absolute Gasteiger partial charge is 0.375 e. The highest BCUT2D eigenvalue weighted by atomic mass is 19.1. The van der Waals surface area contributed by atoms with E-state index in [4.69, 9.17) is 5.73 Å². The third-order valence-corrected chi connectivity index (χ3v) is 2.67. The second-order valence-electron chi connectivity index (χ2n) is 4.37. The molecule has 0 heterocycles. The number of hydrogen-bond acceptors (Lipinski definition) is 2. The molecule has 1 atom stereocenters. The normalized spacial score (nSPS) is 12.5. The molecule has 1 unspecified atom stereocenters. The van der Waals surface area contributed by atoms with Gasteiger partial charge in [-0.3, -0.25) is 0 Å². The highest BCUT2D eigenvalue weighted by Crippen LogP contribution is 2.13. The molecule has 0 aliphatic rings. The van der Waals surface area contributed by atoms with Crippen molar-refractivity contribution in [2.24, 2.45) is 5.73 Å². The van der Waals surface area contributed by atoms with Gasteiger partial charge in [0.05, 0.1) is 0 Å². The summed E-state index contributed by atoms with van der Waals surface area (Å²) in [5, 5.41) is 0. The second kappa shape index (κ2) is 6.48. The lowest BCUT2D eigenvalue weighted by Gasteiger charge is -2.19. The summed E-state index contributed by atoms with van der Waals surface area (Å²) in [5.41, 5.74) is 6.74. The summed E-state index contributed by atoms with van der Waals surface area (Å²) in [6.45, 7) is 3.02. The van der Waals surface area contributed by atoms with Gasteiger partial charge in [0.2, 0.25) is 0 Å². The lowest BCUT2D eigenvalue weighted by molar-refractivity contribution is 0.596. The van der Waals surface area contributed by atoms with Crippen LogP contribution in [0.1, 0.15) is 26.2 Å². The van der Waals surface area contributed by atoms with E-state index in [1.165, 1.54) is 12.1 Å². The topological polar surface area (TPSA) is 29.3 Å². The summed E-state index contributed by atoms with van der Waals surface area (Å²) in [5.74, 6) is -0.186. The fourth-order valence-electron chi connectivity index (χ4n) is 1.64. The van der Waals surface area contributed by atoms with Crippen molar-refractivity contribution in [1.29, 1.82) is 0 Å². The van der Waals surface area contributed by atoms with E-state index in [9.17, 15) is 4.39 Å². The van der Waals surface area contributed by atoms with Crippen molar-refractivity contribution in [2.45, 2.75) is 32.2 Å². The fraction of sp³-hybridized carbons (Fsp3) is 0.538. The first-order valence-corrected chi connectivity index (χ1v) is 5.82. The number of unbranched alkanes of at least 4 members (excludes halogenated alkanes) is 1. The number of halogens is 1. The summed E-state index contributed by atoms with van der Waals surface area (Å²) >= 11 is 0. The second-order valence-corrected chi connectivity index (χ2v) is 4.37. The molecule has 2 nitrogen and oxygen atoms in total. The van der Waals surface area contributed by atoms with Crippen molar-refractivity contribution < 1.29 is 4.39 Å². The molecule has 0 saturated carbocycles. The predicted octanol–water partition coefficient (Wildman–Crippen LogP) is 2.78. The Morgan fingerprint density at radius 1 is 1.25 bits per heavy atom. The van der Waals surface area contributed by atoms with Gasteiger partial charge >= 0.3 is 0 Å². The van der Waals surface area contributed by atoms with Crippen LogP contribution in [-0.2, 0) is 0 Å². The number of anilines is 1. The van der Waals surface area contributed by atoms with Gasteiger partial charge in [0.1, 0.15) is 5.82 Å². The van der Waals surface area contributed by atoms with Crippen LogP contribution in [0.5, 0.6) is 0 Å². The quantitative estimate of drug-likeness (QED) is 0.753. The number of hydrogen-bond donors (Lipinski definition) is 1. The van der Waals surface area contributed by atoms with Crippen molar-refractivity contribution in [2.75, 3.05) is 18.5 Å². The summed E-state index contributed by atoms with van der Waals surface area (Å²) in [4.78, 5) is 2.14. The molecule has 0 aliphatic carbocycles. The van der Waals surface area contributed by atoms with Crippen molar-refractivity contribution in [3.63, 3.8) is 0 Å². The van der Waals surface area contributed by atoms with E-state index >= 15 is 0 Å². The van der Waals surface area contributed by atoms with E-state index in [1.54, 1.807) is 12.1 Å². The first-order valence-electron chi connectivity index (χ1n) is 5.82. The van der Waals surface area contributed by atoms with Gasteiger partial charge in [-0.15, -0.1) is 0 Å². The lowest BCUT2D eigenvalue weighted by atomic mass is 10.1. The van der Waals surface area contributed by atoms with Crippen LogP contribution in [0.3, 0.4) is 0 Å². The molecule has 0 spiro atoms. The molecule has 3 heteroatoms. The fourth-order valence-corrected chi connectivity index (χ4v) is 1.64. The summed E-state index contributed by atoms with van der Waals surface area (Å²) in [6.07, 6.45) is 3.33. The van der Waals surface area contributed by atoms with Gasteiger partial charge in [0.25, 0.3) is 0 Å². The molecule has 0 fully saturated rings. The Morgan fingerprint density at radius 3 is 2.44 bits per heavy atom. The minimum atomic E-state index is -0.186. The van der Waals surface area contributed by atoms with Crippen LogP contribution in [-0.4, -0.2) is 19.6 Å². The van der Waals surface area contributed by atoms with Crippen LogP contribution < -0.4 is 10.6 Å². The van der Waals surface area contributed by atoms with E-state index in [1.807, 2.05) is 14.0 Å². The molecule has 0 amide bonds. The Hall–Kier alpha value is -1.09. The molecule has 0 aromatic heterocycles. The van der Waals surface area contributed by atoms with Gasteiger partial charge in [0.15, 0.2) is 0 Å². The van der Waals surface area contributed by atoms with Gasteiger partial charge in [-0.25, -0.2) is 4.39 Å². The SMILES string of the molecule is CC(N)CCCCN(C)c1ccc(F)cc1. The van der Waals surface area contributed by atoms with Crippen LogP contribution in [0.25, 0.3) is 0 Å². The predicted molar refractivity (Wildman–Crippen MR) is 67.2 cm³/mol.